The van der Waals surface area contributed by atoms with Crippen LogP contribution in [0.2, 0.25) is 0 Å². The molecule has 16 heavy (non-hydrogen) atoms. The Morgan fingerprint density at radius 2 is 1.62 bits per heavy atom. The molecule has 0 saturated carbocycles. The summed E-state index contributed by atoms with van der Waals surface area (Å²) in [5.74, 6) is 1.67. The minimum absolute atomic E-state index is 0.328. The standard InChI is InChI=1S/C13H10O2S/c1-2-4-10(5-3-1)16-11-6-7-12-13(8-11)15-9-14-12/h1-8H,9H2. The molecule has 2 aromatic rings. The topological polar surface area (TPSA) is 18.5 Å². The fraction of sp³-hybridized carbons (Fsp3) is 0.0769. The normalized spacial score (nSPS) is 12.8. The van der Waals surface area contributed by atoms with Gasteiger partial charge in [-0.3, -0.25) is 0 Å². The van der Waals surface area contributed by atoms with Gasteiger partial charge in [0.1, 0.15) is 0 Å². The Hall–Kier alpha value is -1.61. The molecule has 3 heteroatoms. The van der Waals surface area contributed by atoms with Crippen molar-refractivity contribution in [1.29, 1.82) is 0 Å². The third kappa shape index (κ3) is 1.86. The van der Waals surface area contributed by atoms with Gasteiger partial charge in [0, 0.05) is 9.79 Å². The highest BCUT2D eigenvalue weighted by molar-refractivity contribution is 7.99. The van der Waals surface area contributed by atoms with Crippen molar-refractivity contribution in [2.45, 2.75) is 9.79 Å². The van der Waals surface area contributed by atoms with Crippen molar-refractivity contribution in [2.75, 3.05) is 6.79 Å². The quantitative estimate of drug-likeness (QED) is 0.785. The maximum atomic E-state index is 5.34. The fourth-order valence-corrected chi connectivity index (χ4v) is 2.43. The van der Waals surface area contributed by atoms with E-state index in [1.54, 1.807) is 11.8 Å². The molecule has 0 spiro atoms. The van der Waals surface area contributed by atoms with E-state index in [0.717, 1.165) is 16.4 Å². The first-order valence-electron chi connectivity index (χ1n) is 5.04. The van der Waals surface area contributed by atoms with Gasteiger partial charge in [-0.25, -0.2) is 0 Å². The van der Waals surface area contributed by atoms with Crippen LogP contribution in [-0.4, -0.2) is 6.79 Å². The Kier molecular flexibility index (Phi) is 2.46. The second-order valence-electron chi connectivity index (χ2n) is 3.43. The van der Waals surface area contributed by atoms with E-state index in [-0.39, 0.29) is 0 Å². The highest BCUT2D eigenvalue weighted by atomic mass is 32.2. The third-order valence-corrected chi connectivity index (χ3v) is 3.32. The molecule has 2 aromatic carbocycles. The van der Waals surface area contributed by atoms with Crippen LogP contribution in [0.25, 0.3) is 0 Å². The van der Waals surface area contributed by atoms with Crippen LogP contribution in [0.15, 0.2) is 58.3 Å². The van der Waals surface area contributed by atoms with Crippen LogP contribution < -0.4 is 9.47 Å². The summed E-state index contributed by atoms with van der Waals surface area (Å²) >= 11 is 1.72. The number of hydrogen-bond donors (Lipinski definition) is 0. The average molecular weight is 230 g/mol. The molecule has 0 N–H and O–H groups in total. The van der Waals surface area contributed by atoms with Crippen LogP contribution in [0.3, 0.4) is 0 Å². The molecule has 0 amide bonds. The van der Waals surface area contributed by atoms with E-state index < -0.39 is 0 Å². The summed E-state index contributed by atoms with van der Waals surface area (Å²) in [6.45, 7) is 0.328. The van der Waals surface area contributed by atoms with Gasteiger partial charge in [0.25, 0.3) is 0 Å². The average Bonchev–Trinajstić information content (AvgIpc) is 2.77. The van der Waals surface area contributed by atoms with Crippen molar-refractivity contribution in [3.05, 3.63) is 48.5 Å². The summed E-state index contributed by atoms with van der Waals surface area (Å²) in [5, 5.41) is 0. The molecule has 0 bridgehead atoms. The van der Waals surface area contributed by atoms with E-state index in [9.17, 15) is 0 Å². The molecule has 3 rings (SSSR count). The third-order valence-electron chi connectivity index (χ3n) is 2.32. The van der Waals surface area contributed by atoms with E-state index in [0.29, 0.717) is 6.79 Å². The minimum atomic E-state index is 0.328. The second-order valence-corrected chi connectivity index (χ2v) is 4.58. The molecule has 80 valence electrons. The van der Waals surface area contributed by atoms with Crippen molar-refractivity contribution < 1.29 is 9.47 Å². The molecule has 1 aliphatic heterocycles. The summed E-state index contributed by atoms with van der Waals surface area (Å²) in [5.41, 5.74) is 0. The Labute approximate surface area is 98.2 Å². The summed E-state index contributed by atoms with van der Waals surface area (Å²) in [4.78, 5) is 2.39. The number of fused-ring (bicyclic) bond motifs is 1. The molecule has 0 aromatic heterocycles. The van der Waals surface area contributed by atoms with Crippen molar-refractivity contribution >= 4 is 11.8 Å². The number of ether oxygens (including phenoxy) is 2. The van der Waals surface area contributed by atoms with Crippen LogP contribution in [0.4, 0.5) is 0 Å². The van der Waals surface area contributed by atoms with Gasteiger partial charge in [-0.15, -0.1) is 0 Å². The van der Waals surface area contributed by atoms with Crippen LogP contribution in [-0.2, 0) is 0 Å². The zero-order valence-corrected chi connectivity index (χ0v) is 9.37. The van der Waals surface area contributed by atoms with Crippen LogP contribution in [0, 0.1) is 0 Å². The smallest absolute Gasteiger partial charge is 0.231 e. The summed E-state index contributed by atoms with van der Waals surface area (Å²) in [6.07, 6.45) is 0. The maximum Gasteiger partial charge on any atom is 0.231 e. The molecular weight excluding hydrogens is 220 g/mol. The van der Waals surface area contributed by atoms with Crippen molar-refractivity contribution in [3.63, 3.8) is 0 Å². The van der Waals surface area contributed by atoms with Gasteiger partial charge in [0.05, 0.1) is 0 Å². The van der Waals surface area contributed by atoms with E-state index in [1.165, 1.54) is 4.90 Å². The van der Waals surface area contributed by atoms with Crippen LogP contribution >= 0.6 is 11.8 Å². The van der Waals surface area contributed by atoms with E-state index in [1.807, 2.05) is 36.4 Å². The first-order chi connectivity index (χ1) is 7.92. The van der Waals surface area contributed by atoms with Crippen LogP contribution in [0.5, 0.6) is 11.5 Å². The van der Waals surface area contributed by atoms with Crippen molar-refractivity contribution in [1.82, 2.24) is 0 Å². The van der Waals surface area contributed by atoms with Gasteiger partial charge in [0.2, 0.25) is 6.79 Å². The number of rotatable bonds is 2. The van der Waals surface area contributed by atoms with Crippen molar-refractivity contribution in [3.8, 4) is 11.5 Å². The Morgan fingerprint density at radius 1 is 0.812 bits per heavy atom. The zero-order chi connectivity index (χ0) is 10.8. The van der Waals surface area contributed by atoms with Crippen molar-refractivity contribution in [2.24, 2.45) is 0 Å². The first-order valence-corrected chi connectivity index (χ1v) is 5.86. The lowest BCUT2D eigenvalue weighted by atomic mass is 10.3. The minimum Gasteiger partial charge on any atom is -0.454 e. The predicted octanol–water partition coefficient (Wildman–Crippen LogP) is 3.57. The van der Waals surface area contributed by atoms with Gasteiger partial charge in [-0.1, -0.05) is 30.0 Å². The maximum absolute atomic E-state index is 5.34. The fourth-order valence-electron chi connectivity index (χ4n) is 1.56. The lowest BCUT2D eigenvalue weighted by Gasteiger charge is -2.02. The highest BCUT2D eigenvalue weighted by Gasteiger charge is 2.13. The van der Waals surface area contributed by atoms with Gasteiger partial charge < -0.3 is 9.47 Å². The molecule has 1 heterocycles. The second kappa shape index (κ2) is 4.10. The van der Waals surface area contributed by atoms with E-state index >= 15 is 0 Å². The summed E-state index contributed by atoms with van der Waals surface area (Å²) < 4.78 is 10.6. The van der Waals surface area contributed by atoms with Gasteiger partial charge in [0.15, 0.2) is 11.5 Å². The lowest BCUT2D eigenvalue weighted by molar-refractivity contribution is 0.174. The molecule has 0 unspecified atom stereocenters. The molecule has 1 aliphatic rings. The Morgan fingerprint density at radius 3 is 2.50 bits per heavy atom. The summed E-state index contributed by atoms with van der Waals surface area (Å²) in [6, 6.07) is 16.3. The SMILES string of the molecule is c1ccc(Sc2ccc3c(c2)OCO3)cc1. The Bertz CT molecular complexity index is 497. The highest BCUT2D eigenvalue weighted by Crippen LogP contribution is 2.37. The number of benzene rings is 2. The molecular formula is C13H10O2S. The van der Waals surface area contributed by atoms with E-state index in [4.69, 9.17) is 9.47 Å². The molecule has 0 radical (unpaired) electrons. The lowest BCUT2D eigenvalue weighted by Crippen LogP contribution is -1.92. The molecule has 0 atom stereocenters. The molecule has 0 fully saturated rings. The molecule has 0 aliphatic carbocycles. The van der Waals surface area contributed by atoms with Gasteiger partial charge in [-0.05, 0) is 30.3 Å². The molecule has 2 nitrogen and oxygen atoms in total. The van der Waals surface area contributed by atoms with E-state index in [2.05, 4.69) is 12.1 Å². The predicted molar refractivity (Wildman–Crippen MR) is 63.1 cm³/mol. The van der Waals surface area contributed by atoms with Gasteiger partial charge >= 0.3 is 0 Å². The zero-order valence-electron chi connectivity index (χ0n) is 8.55. The van der Waals surface area contributed by atoms with Gasteiger partial charge in [-0.2, -0.15) is 0 Å². The van der Waals surface area contributed by atoms with Crippen LogP contribution in [0.1, 0.15) is 0 Å². The molecule has 0 saturated heterocycles. The largest absolute Gasteiger partial charge is 0.454 e. The first kappa shape index (κ1) is 9.60. The summed E-state index contributed by atoms with van der Waals surface area (Å²) in [7, 11) is 0. The Balaban J connectivity index is 1.86. The monoisotopic (exact) mass is 230 g/mol. The number of hydrogen-bond acceptors (Lipinski definition) is 3.